The lowest BCUT2D eigenvalue weighted by Gasteiger charge is -2.30. The molecule has 2 saturated heterocycles. The number of anilines is 2. The van der Waals surface area contributed by atoms with E-state index in [1.807, 2.05) is 0 Å². The summed E-state index contributed by atoms with van der Waals surface area (Å²) in [5.41, 5.74) is 1.18. The van der Waals surface area contributed by atoms with Gasteiger partial charge in [-0.2, -0.15) is 5.10 Å². The summed E-state index contributed by atoms with van der Waals surface area (Å²) in [6.45, 7) is 5.15. The fourth-order valence-electron chi connectivity index (χ4n) is 6.09. The Balaban J connectivity index is 0.977. The first-order valence-corrected chi connectivity index (χ1v) is 19.0. The zero-order valence-electron chi connectivity index (χ0n) is 32.2. The van der Waals surface area contributed by atoms with E-state index in [2.05, 4.69) is 37.0 Å². The third kappa shape index (κ3) is 14.6. The molecule has 57 heavy (non-hydrogen) atoms. The quantitative estimate of drug-likeness (QED) is 0.0392. The standard InChI is InChI=1S/C37H53N9O11/c1-45(31-5-6-33(50)43-35(31)51)37(53)27-3-2-4-29(28(27)24-47)39-13-16-55-18-20-57-22-21-56-19-17-54-15-9-32(49)40-12-14-46-23-30(41-25-48)34(44-46)36(52)42-26-7-10-38-11-8-26/h2-4,23-26,31,38-39H,5-22H2,1H3,(H,40,49)(H,41,48)(H,42,52)(H,43,50,51). The predicted octanol–water partition coefficient (Wildman–Crippen LogP) is -0.692. The van der Waals surface area contributed by atoms with E-state index in [0.717, 1.165) is 25.9 Å². The largest absolute Gasteiger partial charge is 0.382 e. The lowest BCUT2D eigenvalue weighted by Crippen LogP contribution is -2.53. The normalized spacial score (nSPS) is 15.7. The van der Waals surface area contributed by atoms with Gasteiger partial charge in [0.15, 0.2) is 12.0 Å². The summed E-state index contributed by atoms with van der Waals surface area (Å²) in [6, 6.07) is 4.06. The number of ether oxygens (including phenoxy) is 4. The van der Waals surface area contributed by atoms with Gasteiger partial charge in [-0.15, -0.1) is 0 Å². The van der Waals surface area contributed by atoms with Crippen LogP contribution in [-0.2, 0) is 44.7 Å². The molecular weight excluding hydrogens is 746 g/mol. The van der Waals surface area contributed by atoms with E-state index in [9.17, 15) is 33.6 Å². The molecule has 3 heterocycles. The minimum atomic E-state index is -0.806. The average molecular weight is 800 g/mol. The number of imide groups is 1. The van der Waals surface area contributed by atoms with Gasteiger partial charge in [0.25, 0.3) is 11.8 Å². The van der Waals surface area contributed by atoms with Crippen molar-refractivity contribution in [2.24, 2.45) is 0 Å². The summed E-state index contributed by atoms with van der Waals surface area (Å²) in [6.07, 6.45) is 4.76. The molecule has 0 spiro atoms. The van der Waals surface area contributed by atoms with E-state index in [-0.39, 0.29) is 73.0 Å². The second-order valence-corrected chi connectivity index (χ2v) is 13.2. The van der Waals surface area contributed by atoms with Crippen LogP contribution in [0.3, 0.4) is 0 Å². The number of carbonyl (C=O) groups excluding carboxylic acids is 7. The number of piperidine rings is 2. The average Bonchev–Trinajstić information content (AvgIpc) is 3.61. The molecule has 1 aromatic carbocycles. The Morgan fingerprint density at radius 2 is 1.60 bits per heavy atom. The molecule has 2 aromatic rings. The number of rotatable bonds is 26. The molecule has 0 radical (unpaired) electrons. The van der Waals surface area contributed by atoms with E-state index in [4.69, 9.17) is 18.9 Å². The van der Waals surface area contributed by atoms with Gasteiger partial charge >= 0.3 is 0 Å². The molecule has 1 aromatic heterocycles. The van der Waals surface area contributed by atoms with Crippen LogP contribution in [0, 0.1) is 0 Å². The van der Waals surface area contributed by atoms with Gasteiger partial charge in [0, 0.05) is 50.9 Å². The molecule has 6 N–H and O–H groups in total. The molecule has 2 aliphatic rings. The van der Waals surface area contributed by atoms with Crippen LogP contribution in [0.4, 0.5) is 11.4 Å². The summed E-state index contributed by atoms with van der Waals surface area (Å²) < 4.78 is 23.5. The number of hydrogen-bond acceptors (Lipinski definition) is 14. The van der Waals surface area contributed by atoms with Gasteiger partial charge in [0.05, 0.1) is 76.2 Å². The van der Waals surface area contributed by atoms with Crippen LogP contribution in [0.15, 0.2) is 24.4 Å². The topological polar surface area (TPSA) is 250 Å². The third-order valence-corrected chi connectivity index (χ3v) is 9.13. The second kappa shape index (κ2) is 24.4. The number of nitrogens with zero attached hydrogens (tertiary/aromatic N) is 3. The molecule has 20 heteroatoms. The van der Waals surface area contributed by atoms with Crippen molar-refractivity contribution >= 4 is 53.6 Å². The third-order valence-electron chi connectivity index (χ3n) is 9.13. The molecule has 312 valence electrons. The first-order valence-electron chi connectivity index (χ1n) is 19.0. The van der Waals surface area contributed by atoms with Crippen molar-refractivity contribution in [3.05, 3.63) is 41.2 Å². The molecule has 2 aliphatic heterocycles. The van der Waals surface area contributed by atoms with Crippen molar-refractivity contribution in [2.75, 3.05) is 96.7 Å². The number of nitrogens with one attached hydrogen (secondary N) is 6. The Hall–Kier alpha value is -5.28. The van der Waals surface area contributed by atoms with E-state index < -0.39 is 17.9 Å². The maximum absolute atomic E-state index is 13.1. The van der Waals surface area contributed by atoms with Crippen molar-refractivity contribution < 1.29 is 52.5 Å². The lowest BCUT2D eigenvalue weighted by atomic mass is 10.0. The zero-order chi connectivity index (χ0) is 40.8. The molecule has 20 nitrogen and oxygen atoms in total. The van der Waals surface area contributed by atoms with Crippen molar-refractivity contribution in [2.45, 2.75) is 50.7 Å². The molecule has 1 unspecified atom stereocenters. The van der Waals surface area contributed by atoms with Crippen LogP contribution in [0.1, 0.15) is 63.3 Å². The van der Waals surface area contributed by atoms with Gasteiger partial charge in [0.1, 0.15) is 6.04 Å². The van der Waals surface area contributed by atoms with Gasteiger partial charge < -0.3 is 50.4 Å². The number of likely N-dealkylation sites (N-methyl/N-ethyl adjacent to an activating group) is 1. The Morgan fingerprint density at radius 1 is 0.912 bits per heavy atom. The van der Waals surface area contributed by atoms with Crippen LogP contribution in [0.25, 0.3) is 0 Å². The molecule has 0 aliphatic carbocycles. The number of aldehydes is 1. The second-order valence-electron chi connectivity index (χ2n) is 13.2. The summed E-state index contributed by atoms with van der Waals surface area (Å²) in [4.78, 5) is 86.0. The Morgan fingerprint density at radius 3 is 2.26 bits per heavy atom. The summed E-state index contributed by atoms with van der Waals surface area (Å²) in [7, 11) is 1.47. The van der Waals surface area contributed by atoms with E-state index in [0.29, 0.717) is 83.4 Å². The van der Waals surface area contributed by atoms with Gasteiger partial charge in [0.2, 0.25) is 24.1 Å². The Labute approximate surface area is 330 Å². The predicted molar refractivity (Wildman–Crippen MR) is 205 cm³/mol. The molecule has 0 saturated carbocycles. The van der Waals surface area contributed by atoms with Gasteiger partial charge in [-0.3, -0.25) is 43.6 Å². The SMILES string of the molecule is CN(C(=O)c1cccc(NCCOCCOCCOCCOCCC(=O)NCCn2cc(NC=O)c(C(=O)NC3CCNCC3)n2)c1C=O)C1CCC(=O)NC1=O. The minimum absolute atomic E-state index is 0.0425. The number of hydrogen-bond donors (Lipinski definition) is 6. The van der Waals surface area contributed by atoms with E-state index in [1.165, 1.54) is 22.7 Å². The highest BCUT2D eigenvalue weighted by atomic mass is 16.6. The highest BCUT2D eigenvalue weighted by Gasteiger charge is 2.33. The van der Waals surface area contributed by atoms with Gasteiger partial charge in [-0.05, 0) is 44.5 Å². The first-order chi connectivity index (χ1) is 27.7. The smallest absolute Gasteiger partial charge is 0.274 e. The van der Waals surface area contributed by atoms with Gasteiger partial charge in [-0.1, -0.05) is 6.07 Å². The monoisotopic (exact) mass is 799 g/mol. The summed E-state index contributed by atoms with van der Waals surface area (Å²) >= 11 is 0. The summed E-state index contributed by atoms with van der Waals surface area (Å²) in [5, 5.41) is 21.1. The highest BCUT2D eigenvalue weighted by molar-refractivity contribution is 6.07. The van der Waals surface area contributed by atoms with E-state index >= 15 is 0 Å². The molecule has 1 atom stereocenters. The van der Waals surface area contributed by atoms with Crippen molar-refractivity contribution in [1.29, 1.82) is 0 Å². The van der Waals surface area contributed by atoms with Crippen LogP contribution < -0.4 is 31.9 Å². The van der Waals surface area contributed by atoms with Crippen LogP contribution in [-0.4, -0.2) is 155 Å². The maximum atomic E-state index is 13.1. The summed E-state index contributed by atoms with van der Waals surface area (Å²) in [5.74, 6) is -1.98. The Bertz CT molecular complexity index is 1670. The van der Waals surface area contributed by atoms with Crippen molar-refractivity contribution in [1.82, 2.24) is 35.9 Å². The number of benzene rings is 1. The molecular formula is C37H53N9O11. The molecule has 0 bridgehead atoms. The first kappa shape index (κ1) is 44.4. The maximum Gasteiger partial charge on any atom is 0.274 e. The molecule has 2 fully saturated rings. The lowest BCUT2D eigenvalue weighted by molar-refractivity contribution is -0.136. The number of aromatic nitrogens is 2. The molecule has 4 rings (SSSR count). The van der Waals surface area contributed by atoms with Crippen LogP contribution >= 0.6 is 0 Å². The molecule has 6 amide bonds. The number of carbonyl (C=O) groups is 7. The Kier molecular flexibility index (Phi) is 19.0. The van der Waals surface area contributed by atoms with E-state index in [1.54, 1.807) is 18.3 Å². The van der Waals surface area contributed by atoms with Crippen LogP contribution in [0.2, 0.25) is 0 Å². The number of amides is 6. The fourth-order valence-corrected chi connectivity index (χ4v) is 6.09. The fraction of sp³-hybridized carbons (Fsp3) is 0.568. The zero-order valence-corrected chi connectivity index (χ0v) is 32.2. The van der Waals surface area contributed by atoms with Crippen molar-refractivity contribution in [3.63, 3.8) is 0 Å². The minimum Gasteiger partial charge on any atom is -0.382 e. The highest BCUT2D eigenvalue weighted by Crippen LogP contribution is 2.22. The van der Waals surface area contributed by atoms with Crippen LogP contribution in [0.5, 0.6) is 0 Å². The van der Waals surface area contributed by atoms with Gasteiger partial charge in [-0.25, -0.2) is 0 Å². The van der Waals surface area contributed by atoms with Crippen molar-refractivity contribution in [3.8, 4) is 0 Å².